The van der Waals surface area contributed by atoms with E-state index in [1.54, 1.807) is 41.3 Å². The van der Waals surface area contributed by atoms with Crippen molar-refractivity contribution in [2.75, 3.05) is 24.7 Å². The van der Waals surface area contributed by atoms with Crippen LogP contribution in [0, 0.1) is 0 Å². The standard InChI is InChI=1S/C19H17ClN2O4/c20-13-3-1-12(2-4-13)19(24)21-14-9-18(23)22(11-14)15-5-6-16-17(10-15)26-8-7-25-16/h1-6,10,14H,7-9,11H2,(H,21,24). The number of hydrogen-bond donors (Lipinski definition) is 1. The van der Waals surface area contributed by atoms with E-state index in [-0.39, 0.29) is 24.3 Å². The van der Waals surface area contributed by atoms with Crippen LogP contribution in [0.3, 0.4) is 0 Å². The van der Waals surface area contributed by atoms with Crippen molar-refractivity contribution in [3.8, 4) is 11.5 Å². The summed E-state index contributed by atoms with van der Waals surface area (Å²) >= 11 is 5.84. The minimum Gasteiger partial charge on any atom is -0.486 e. The van der Waals surface area contributed by atoms with Crippen molar-refractivity contribution in [3.63, 3.8) is 0 Å². The van der Waals surface area contributed by atoms with Gasteiger partial charge in [0.25, 0.3) is 5.91 Å². The van der Waals surface area contributed by atoms with Gasteiger partial charge in [0.05, 0.1) is 6.04 Å². The molecule has 4 rings (SSSR count). The summed E-state index contributed by atoms with van der Waals surface area (Å²) in [6.07, 6.45) is 0.258. The van der Waals surface area contributed by atoms with Gasteiger partial charge >= 0.3 is 0 Å². The predicted octanol–water partition coefficient (Wildman–Crippen LogP) is 2.65. The Morgan fingerprint density at radius 2 is 1.81 bits per heavy atom. The van der Waals surface area contributed by atoms with Gasteiger partial charge in [-0.2, -0.15) is 0 Å². The van der Waals surface area contributed by atoms with E-state index in [2.05, 4.69) is 5.32 Å². The van der Waals surface area contributed by atoms with Crippen LogP contribution in [0.1, 0.15) is 16.8 Å². The zero-order valence-corrected chi connectivity index (χ0v) is 14.7. The molecule has 7 heteroatoms. The molecule has 2 aromatic rings. The Balaban J connectivity index is 1.45. The third-order valence-corrected chi connectivity index (χ3v) is 4.66. The van der Waals surface area contributed by atoms with E-state index in [0.717, 1.165) is 5.69 Å². The summed E-state index contributed by atoms with van der Waals surface area (Å²) in [4.78, 5) is 26.4. The highest BCUT2D eigenvalue weighted by Crippen LogP contribution is 2.35. The molecule has 0 radical (unpaired) electrons. The second-order valence-electron chi connectivity index (χ2n) is 6.21. The number of amides is 2. The van der Waals surface area contributed by atoms with Crippen LogP contribution in [0.15, 0.2) is 42.5 Å². The fourth-order valence-electron chi connectivity index (χ4n) is 3.12. The van der Waals surface area contributed by atoms with E-state index in [0.29, 0.717) is 41.8 Å². The summed E-state index contributed by atoms with van der Waals surface area (Å²) in [5, 5.41) is 3.48. The number of nitrogens with one attached hydrogen (secondary N) is 1. The number of anilines is 1. The van der Waals surface area contributed by atoms with Gasteiger partial charge in [0.2, 0.25) is 5.91 Å². The molecule has 1 atom stereocenters. The first kappa shape index (κ1) is 16.7. The van der Waals surface area contributed by atoms with Crippen molar-refractivity contribution < 1.29 is 19.1 Å². The van der Waals surface area contributed by atoms with Gasteiger partial charge in [0, 0.05) is 35.3 Å². The van der Waals surface area contributed by atoms with E-state index in [1.807, 2.05) is 6.07 Å². The molecule has 0 aromatic heterocycles. The molecular formula is C19H17ClN2O4. The number of ether oxygens (including phenoxy) is 2. The second kappa shape index (κ2) is 6.88. The highest BCUT2D eigenvalue weighted by molar-refractivity contribution is 6.30. The quantitative estimate of drug-likeness (QED) is 0.899. The van der Waals surface area contributed by atoms with Gasteiger partial charge in [-0.15, -0.1) is 0 Å². The van der Waals surface area contributed by atoms with Crippen LogP contribution >= 0.6 is 11.6 Å². The van der Waals surface area contributed by atoms with Crippen LogP contribution in [0.5, 0.6) is 11.5 Å². The lowest BCUT2D eigenvalue weighted by Crippen LogP contribution is -2.37. The number of carbonyl (C=O) groups excluding carboxylic acids is 2. The normalized spacial score (nSPS) is 18.7. The number of hydrogen-bond acceptors (Lipinski definition) is 4. The molecule has 2 heterocycles. The van der Waals surface area contributed by atoms with Crippen LogP contribution in [0.25, 0.3) is 0 Å². The SMILES string of the molecule is O=C(NC1CC(=O)N(c2ccc3c(c2)OCCO3)C1)c1ccc(Cl)cc1. The third kappa shape index (κ3) is 3.32. The minimum atomic E-state index is -0.251. The van der Waals surface area contributed by atoms with Crippen LogP contribution in [0.4, 0.5) is 5.69 Å². The Bertz CT molecular complexity index is 853. The molecule has 1 fully saturated rings. The van der Waals surface area contributed by atoms with E-state index in [9.17, 15) is 9.59 Å². The van der Waals surface area contributed by atoms with Gasteiger partial charge in [-0.05, 0) is 36.4 Å². The Labute approximate surface area is 155 Å². The number of halogens is 1. The van der Waals surface area contributed by atoms with Crippen molar-refractivity contribution in [2.24, 2.45) is 0 Å². The van der Waals surface area contributed by atoms with Crippen molar-refractivity contribution in [1.29, 1.82) is 0 Å². The number of fused-ring (bicyclic) bond motifs is 1. The Morgan fingerprint density at radius 3 is 2.58 bits per heavy atom. The summed E-state index contributed by atoms with van der Waals surface area (Å²) in [5.41, 5.74) is 1.25. The minimum absolute atomic E-state index is 0.0388. The van der Waals surface area contributed by atoms with E-state index in [1.165, 1.54) is 0 Å². The number of carbonyl (C=O) groups is 2. The average Bonchev–Trinajstić information content (AvgIpc) is 3.02. The Hall–Kier alpha value is -2.73. The molecule has 2 aliphatic heterocycles. The lowest BCUT2D eigenvalue weighted by molar-refractivity contribution is -0.117. The monoisotopic (exact) mass is 372 g/mol. The molecule has 0 saturated carbocycles. The molecular weight excluding hydrogens is 356 g/mol. The molecule has 134 valence electrons. The predicted molar refractivity (Wildman–Crippen MR) is 97.1 cm³/mol. The zero-order valence-electron chi connectivity index (χ0n) is 13.9. The highest BCUT2D eigenvalue weighted by atomic mass is 35.5. The van der Waals surface area contributed by atoms with Gasteiger partial charge in [-0.1, -0.05) is 11.6 Å². The second-order valence-corrected chi connectivity index (χ2v) is 6.65. The van der Waals surface area contributed by atoms with Crippen LogP contribution in [-0.2, 0) is 4.79 Å². The lowest BCUT2D eigenvalue weighted by Gasteiger charge is -2.22. The van der Waals surface area contributed by atoms with Crippen LogP contribution in [0.2, 0.25) is 5.02 Å². The summed E-state index contributed by atoms with van der Waals surface area (Å²) in [7, 11) is 0. The van der Waals surface area contributed by atoms with Gasteiger partial charge < -0.3 is 19.7 Å². The molecule has 6 nitrogen and oxygen atoms in total. The maximum absolute atomic E-state index is 12.4. The molecule has 2 aliphatic rings. The molecule has 1 unspecified atom stereocenters. The first-order chi connectivity index (χ1) is 12.6. The number of rotatable bonds is 3. The van der Waals surface area contributed by atoms with Crippen molar-refractivity contribution in [1.82, 2.24) is 5.32 Å². The summed E-state index contributed by atoms with van der Waals surface area (Å²) < 4.78 is 11.1. The van der Waals surface area contributed by atoms with Crippen LogP contribution < -0.4 is 19.7 Å². The van der Waals surface area contributed by atoms with Crippen molar-refractivity contribution in [3.05, 3.63) is 53.1 Å². The molecule has 1 N–H and O–H groups in total. The largest absolute Gasteiger partial charge is 0.486 e. The summed E-state index contributed by atoms with van der Waals surface area (Å²) in [6.45, 7) is 1.43. The summed E-state index contributed by atoms with van der Waals surface area (Å²) in [6, 6.07) is 11.8. The highest BCUT2D eigenvalue weighted by Gasteiger charge is 2.32. The molecule has 2 aromatic carbocycles. The van der Waals surface area contributed by atoms with E-state index < -0.39 is 0 Å². The molecule has 0 spiro atoms. The Morgan fingerprint density at radius 1 is 1.08 bits per heavy atom. The number of benzene rings is 2. The first-order valence-corrected chi connectivity index (χ1v) is 8.74. The third-order valence-electron chi connectivity index (χ3n) is 4.40. The van der Waals surface area contributed by atoms with Crippen LogP contribution in [-0.4, -0.2) is 37.6 Å². The van der Waals surface area contributed by atoms with Gasteiger partial charge in [0.1, 0.15) is 13.2 Å². The number of nitrogens with zero attached hydrogens (tertiary/aromatic N) is 1. The molecule has 2 amide bonds. The topological polar surface area (TPSA) is 67.9 Å². The lowest BCUT2D eigenvalue weighted by atomic mass is 10.2. The average molecular weight is 373 g/mol. The fourth-order valence-corrected chi connectivity index (χ4v) is 3.25. The maximum atomic E-state index is 12.4. The van der Waals surface area contributed by atoms with Crippen molar-refractivity contribution in [2.45, 2.75) is 12.5 Å². The zero-order chi connectivity index (χ0) is 18.1. The van der Waals surface area contributed by atoms with Gasteiger partial charge in [-0.3, -0.25) is 9.59 Å². The Kier molecular flexibility index (Phi) is 4.42. The molecule has 1 saturated heterocycles. The molecule has 26 heavy (non-hydrogen) atoms. The molecule has 0 aliphatic carbocycles. The van der Waals surface area contributed by atoms with Gasteiger partial charge in [0.15, 0.2) is 11.5 Å². The first-order valence-electron chi connectivity index (χ1n) is 8.36. The van der Waals surface area contributed by atoms with Crippen molar-refractivity contribution >= 4 is 29.1 Å². The summed E-state index contributed by atoms with van der Waals surface area (Å²) in [5.74, 6) is 1.06. The van der Waals surface area contributed by atoms with E-state index in [4.69, 9.17) is 21.1 Å². The van der Waals surface area contributed by atoms with E-state index >= 15 is 0 Å². The van der Waals surface area contributed by atoms with Gasteiger partial charge in [-0.25, -0.2) is 0 Å². The smallest absolute Gasteiger partial charge is 0.251 e. The fraction of sp³-hybridized carbons (Fsp3) is 0.263. The molecule has 0 bridgehead atoms. The maximum Gasteiger partial charge on any atom is 0.251 e.